The van der Waals surface area contributed by atoms with Crippen LogP contribution in [0, 0.1) is 21.3 Å². The number of rotatable bonds is 4. The van der Waals surface area contributed by atoms with Crippen LogP contribution < -0.4 is 5.73 Å². The van der Waals surface area contributed by atoms with Gasteiger partial charge in [-0.25, -0.2) is 4.39 Å². The van der Waals surface area contributed by atoms with Crippen LogP contribution in [0.15, 0.2) is 18.2 Å². The number of methoxy groups -OCH3 is 1. The van der Waals surface area contributed by atoms with E-state index in [1.165, 1.54) is 27.9 Å². The molecular weight excluding hydrogens is 267 g/mol. The zero-order valence-electron chi connectivity index (χ0n) is 11.8. The molecule has 1 unspecified atom stereocenters. The molecule has 110 valence electrons. The fourth-order valence-corrected chi connectivity index (χ4v) is 1.83. The monoisotopic (exact) mass is 284 g/mol. The van der Waals surface area contributed by atoms with E-state index in [-0.39, 0.29) is 11.3 Å². The van der Waals surface area contributed by atoms with Crippen molar-refractivity contribution >= 4 is 11.7 Å². The minimum absolute atomic E-state index is 0.109. The Morgan fingerprint density at radius 1 is 1.40 bits per heavy atom. The standard InChI is InChI=1S/C13H17FN2O4/c1-12(2,11(17)20-4)13(3,15)9-7-8(16(18)19)5-6-10(9)14/h5-7H,15H2,1-4H3. The SMILES string of the molecule is COC(=O)C(C)(C)C(C)(N)c1cc([N+](=O)[O-])ccc1F. The Kier molecular flexibility index (Phi) is 4.14. The Morgan fingerprint density at radius 2 is 1.95 bits per heavy atom. The lowest BCUT2D eigenvalue weighted by atomic mass is 9.69. The van der Waals surface area contributed by atoms with E-state index in [1.54, 1.807) is 0 Å². The maximum Gasteiger partial charge on any atom is 0.313 e. The second-order valence-electron chi connectivity index (χ2n) is 5.24. The molecule has 1 rings (SSSR count). The van der Waals surface area contributed by atoms with Gasteiger partial charge in [-0.1, -0.05) is 0 Å². The first-order valence-corrected chi connectivity index (χ1v) is 5.87. The number of nitrogens with two attached hydrogens (primary N) is 1. The van der Waals surface area contributed by atoms with Crippen molar-refractivity contribution in [1.29, 1.82) is 0 Å². The predicted octanol–water partition coefficient (Wildman–Crippen LogP) is 2.11. The number of esters is 1. The second-order valence-corrected chi connectivity index (χ2v) is 5.24. The minimum Gasteiger partial charge on any atom is -0.469 e. The highest BCUT2D eigenvalue weighted by molar-refractivity contribution is 5.78. The zero-order chi connectivity index (χ0) is 15.7. The lowest BCUT2D eigenvalue weighted by Crippen LogP contribution is -2.52. The van der Waals surface area contributed by atoms with Gasteiger partial charge in [-0.3, -0.25) is 14.9 Å². The molecule has 0 bridgehead atoms. The quantitative estimate of drug-likeness (QED) is 0.519. The number of nitro groups is 1. The summed E-state index contributed by atoms with van der Waals surface area (Å²) in [6.07, 6.45) is 0. The van der Waals surface area contributed by atoms with E-state index in [0.29, 0.717) is 0 Å². The first-order chi connectivity index (χ1) is 9.05. The van der Waals surface area contributed by atoms with Crippen LogP contribution in [0.25, 0.3) is 0 Å². The van der Waals surface area contributed by atoms with Crippen LogP contribution in [-0.4, -0.2) is 18.0 Å². The summed E-state index contributed by atoms with van der Waals surface area (Å²) in [4.78, 5) is 22.0. The van der Waals surface area contributed by atoms with E-state index in [1.807, 2.05) is 0 Å². The largest absolute Gasteiger partial charge is 0.469 e. The molecule has 2 N–H and O–H groups in total. The first-order valence-electron chi connectivity index (χ1n) is 5.87. The predicted molar refractivity (Wildman–Crippen MR) is 70.4 cm³/mol. The molecule has 0 aromatic heterocycles. The Bertz CT molecular complexity index is 555. The molecule has 0 aliphatic heterocycles. The molecule has 6 nitrogen and oxygen atoms in total. The molecule has 20 heavy (non-hydrogen) atoms. The average Bonchev–Trinajstić information content (AvgIpc) is 2.37. The Hall–Kier alpha value is -2.02. The Balaban J connectivity index is 3.45. The smallest absolute Gasteiger partial charge is 0.313 e. The van der Waals surface area contributed by atoms with E-state index >= 15 is 0 Å². The van der Waals surface area contributed by atoms with Crippen molar-refractivity contribution < 1.29 is 18.8 Å². The van der Waals surface area contributed by atoms with Crippen molar-refractivity contribution in [2.45, 2.75) is 26.3 Å². The molecule has 1 aromatic rings. The molecule has 0 aliphatic rings. The Morgan fingerprint density at radius 3 is 2.40 bits per heavy atom. The summed E-state index contributed by atoms with van der Waals surface area (Å²) in [5, 5.41) is 10.8. The molecule has 0 heterocycles. The third-order valence-corrected chi connectivity index (χ3v) is 3.71. The van der Waals surface area contributed by atoms with E-state index in [2.05, 4.69) is 4.74 Å². The molecule has 0 fully saturated rings. The molecule has 0 saturated carbocycles. The van der Waals surface area contributed by atoms with Crippen molar-refractivity contribution in [3.05, 3.63) is 39.7 Å². The highest BCUT2D eigenvalue weighted by Crippen LogP contribution is 2.40. The van der Waals surface area contributed by atoms with Crippen LogP contribution >= 0.6 is 0 Å². The van der Waals surface area contributed by atoms with Gasteiger partial charge in [0.15, 0.2) is 0 Å². The lowest BCUT2D eigenvalue weighted by molar-refractivity contribution is -0.385. The number of non-ortho nitro benzene ring substituents is 1. The minimum atomic E-state index is -1.48. The average molecular weight is 284 g/mol. The topological polar surface area (TPSA) is 95.5 Å². The number of hydrogen-bond donors (Lipinski definition) is 1. The van der Waals surface area contributed by atoms with Gasteiger partial charge in [0.25, 0.3) is 5.69 Å². The summed E-state index contributed by atoms with van der Waals surface area (Å²) in [6, 6.07) is 3.05. The van der Waals surface area contributed by atoms with Gasteiger partial charge in [0.1, 0.15) is 5.82 Å². The number of carbonyl (C=O) groups excluding carboxylic acids is 1. The highest BCUT2D eigenvalue weighted by Gasteiger charge is 2.47. The van der Waals surface area contributed by atoms with Crippen LogP contribution in [0.1, 0.15) is 26.3 Å². The van der Waals surface area contributed by atoms with Crippen LogP contribution in [0.4, 0.5) is 10.1 Å². The second kappa shape index (κ2) is 5.16. The number of carbonyl (C=O) groups is 1. The number of nitro benzene ring substituents is 1. The van der Waals surface area contributed by atoms with Gasteiger partial charge in [-0.05, 0) is 26.8 Å². The van der Waals surface area contributed by atoms with E-state index in [9.17, 15) is 19.3 Å². The first kappa shape index (κ1) is 16.0. The van der Waals surface area contributed by atoms with Crippen molar-refractivity contribution in [2.24, 2.45) is 11.1 Å². The zero-order valence-corrected chi connectivity index (χ0v) is 11.8. The molecule has 0 amide bonds. The number of nitrogens with zero attached hydrogens (tertiary/aromatic N) is 1. The van der Waals surface area contributed by atoms with Gasteiger partial charge in [0.2, 0.25) is 0 Å². The molecule has 1 aromatic carbocycles. The van der Waals surface area contributed by atoms with Crippen LogP contribution in [0.3, 0.4) is 0 Å². The number of halogens is 1. The molecule has 0 radical (unpaired) electrons. The van der Waals surface area contributed by atoms with Crippen LogP contribution in [-0.2, 0) is 15.1 Å². The van der Waals surface area contributed by atoms with Crippen LogP contribution in [0.5, 0.6) is 0 Å². The molecule has 0 aliphatic carbocycles. The maximum atomic E-state index is 14.0. The lowest BCUT2D eigenvalue weighted by Gasteiger charge is -2.39. The normalized spacial score (nSPS) is 14.5. The van der Waals surface area contributed by atoms with E-state index in [0.717, 1.165) is 18.2 Å². The van der Waals surface area contributed by atoms with Crippen molar-refractivity contribution in [2.75, 3.05) is 7.11 Å². The number of benzene rings is 1. The van der Waals surface area contributed by atoms with Gasteiger partial charge >= 0.3 is 5.97 Å². The van der Waals surface area contributed by atoms with Crippen molar-refractivity contribution in [3.63, 3.8) is 0 Å². The third-order valence-electron chi connectivity index (χ3n) is 3.71. The summed E-state index contributed by atoms with van der Waals surface area (Å²) in [5.41, 5.74) is 2.95. The van der Waals surface area contributed by atoms with Crippen molar-refractivity contribution in [3.8, 4) is 0 Å². The van der Waals surface area contributed by atoms with E-state index < -0.39 is 27.7 Å². The van der Waals surface area contributed by atoms with Gasteiger partial charge in [0, 0.05) is 17.7 Å². The number of ether oxygens (including phenoxy) is 1. The van der Waals surface area contributed by atoms with Gasteiger partial charge in [0.05, 0.1) is 23.0 Å². The third kappa shape index (κ3) is 2.49. The summed E-state index contributed by atoms with van der Waals surface area (Å²) in [7, 11) is 1.20. The molecule has 0 spiro atoms. The fourth-order valence-electron chi connectivity index (χ4n) is 1.83. The summed E-state index contributed by atoms with van der Waals surface area (Å²) < 4.78 is 18.6. The van der Waals surface area contributed by atoms with Gasteiger partial charge in [-0.2, -0.15) is 0 Å². The van der Waals surface area contributed by atoms with Gasteiger partial charge in [-0.15, -0.1) is 0 Å². The maximum absolute atomic E-state index is 14.0. The van der Waals surface area contributed by atoms with E-state index in [4.69, 9.17) is 5.73 Å². The van der Waals surface area contributed by atoms with Crippen LogP contribution in [0.2, 0.25) is 0 Å². The summed E-state index contributed by atoms with van der Waals surface area (Å²) >= 11 is 0. The molecule has 0 saturated heterocycles. The molecule has 1 atom stereocenters. The van der Waals surface area contributed by atoms with Crippen molar-refractivity contribution in [1.82, 2.24) is 0 Å². The van der Waals surface area contributed by atoms with Gasteiger partial charge < -0.3 is 10.5 Å². The highest BCUT2D eigenvalue weighted by atomic mass is 19.1. The molecule has 7 heteroatoms. The summed E-state index contributed by atoms with van der Waals surface area (Å²) in [6.45, 7) is 4.43. The fraction of sp³-hybridized carbons (Fsp3) is 0.462. The summed E-state index contributed by atoms with van der Waals surface area (Å²) in [5.74, 6) is -1.34. The number of hydrogen-bond acceptors (Lipinski definition) is 5. The molecular formula is C13H17FN2O4. The Labute approximate surface area is 115 Å².